The predicted molar refractivity (Wildman–Crippen MR) is 87.2 cm³/mol. The Bertz CT molecular complexity index is 813. The van der Waals surface area contributed by atoms with E-state index in [1.54, 1.807) is 7.11 Å². The molecule has 0 aliphatic heterocycles. The highest BCUT2D eigenvalue weighted by Gasteiger charge is 2.14. The number of carbonyl (C=O) groups is 1. The lowest BCUT2D eigenvalue weighted by Crippen LogP contribution is -3.00. The standard InChI is InChI=1S/C18H18N2O2.ClH/c1-12-15-10-14(22-2)8-9-16(15)20-17(12)18(21)19-11-13-6-4-3-5-7-13;/h3-10,20H,11H2,1-2H3,(H,19,21);1H/p-1. The molecule has 5 heteroatoms. The first-order valence-electron chi connectivity index (χ1n) is 7.17. The molecule has 0 atom stereocenters. The van der Waals surface area contributed by atoms with Crippen molar-refractivity contribution < 1.29 is 21.9 Å². The van der Waals surface area contributed by atoms with Crippen molar-refractivity contribution in [3.05, 3.63) is 65.4 Å². The molecule has 1 amide bonds. The van der Waals surface area contributed by atoms with Crippen molar-refractivity contribution in [2.75, 3.05) is 7.11 Å². The van der Waals surface area contributed by atoms with E-state index in [2.05, 4.69) is 10.3 Å². The van der Waals surface area contributed by atoms with Gasteiger partial charge in [0.25, 0.3) is 5.91 Å². The molecular weight excluding hydrogens is 312 g/mol. The maximum Gasteiger partial charge on any atom is 0.268 e. The van der Waals surface area contributed by atoms with E-state index in [0.717, 1.165) is 27.8 Å². The quantitative estimate of drug-likeness (QED) is 0.729. The van der Waals surface area contributed by atoms with Crippen LogP contribution in [0.4, 0.5) is 0 Å². The van der Waals surface area contributed by atoms with Crippen LogP contribution in [0.2, 0.25) is 0 Å². The van der Waals surface area contributed by atoms with E-state index in [9.17, 15) is 4.79 Å². The fourth-order valence-corrected chi connectivity index (χ4v) is 2.53. The number of amides is 1. The second-order valence-corrected chi connectivity index (χ2v) is 5.20. The smallest absolute Gasteiger partial charge is 0.268 e. The third kappa shape index (κ3) is 3.48. The molecule has 0 radical (unpaired) electrons. The normalized spacial score (nSPS) is 10.2. The lowest BCUT2D eigenvalue weighted by molar-refractivity contribution is -0.0000131. The first-order chi connectivity index (χ1) is 10.7. The van der Waals surface area contributed by atoms with Crippen LogP contribution in [-0.2, 0) is 6.54 Å². The second-order valence-electron chi connectivity index (χ2n) is 5.20. The van der Waals surface area contributed by atoms with E-state index in [1.807, 2.05) is 55.5 Å². The van der Waals surface area contributed by atoms with E-state index in [0.29, 0.717) is 12.2 Å². The molecule has 0 saturated heterocycles. The summed E-state index contributed by atoms with van der Waals surface area (Å²) in [5, 5.41) is 3.95. The van der Waals surface area contributed by atoms with Crippen LogP contribution in [-0.4, -0.2) is 18.0 Å². The molecule has 3 aromatic rings. The molecule has 0 unspecified atom stereocenters. The van der Waals surface area contributed by atoms with Gasteiger partial charge >= 0.3 is 0 Å². The number of nitrogens with one attached hydrogen (secondary N) is 2. The van der Waals surface area contributed by atoms with Gasteiger partial charge in [0.15, 0.2) is 0 Å². The highest BCUT2D eigenvalue weighted by atomic mass is 35.5. The molecule has 0 spiro atoms. The fraction of sp³-hybridized carbons (Fsp3) is 0.167. The van der Waals surface area contributed by atoms with E-state index in [-0.39, 0.29) is 18.3 Å². The fourth-order valence-electron chi connectivity index (χ4n) is 2.53. The number of hydrogen-bond acceptors (Lipinski definition) is 2. The van der Waals surface area contributed by atoms with Crippen molar-refractivity contribution in [2.45, 2.75) is 13.5 Å². The van der Waals surface area contributed by atoms with E-state index in [4.69, 9.17) is 4.74 Å². The minimum atomic E-state index is -0.100. The maximum atomic E-state index is 12.4. The number of benzene rings is 2. The van der Waals surface area contributed by atoms with Crippen molar-refractivity contribution in [1.29, 1.82) is 0 Å². The van der Waals surface area contributed by atoms with Crippen molar-refractivity contribution in [1.82, 2.24) is 10.3 Å². The molecule has 4 nitrogen and oxygen atoms in total. The molecule has 23 heavy (non-hydrogen) atoms. The lowest BCUT2D eigenvalue weighted by Gasteiger charge is -2.04. The van der Waals surface area contributed by atoms with Crippen molar-refractivity contribution >= 4 is 16.8 Å². The Kier molecular flexibility index (Phi) is 5.29. The Balaban J connectivity index is 0.00000192. The van der Waals surface area contributed by atoms with E-state index >= 15 is 0 Å². The van der Waals surface area contributed by atoms with Crippen molar-refractivity contribution in [2.24, 2.45) is 0 Å². The Morgan fingerprint density at radius 2 is 1.91 bits per heavy atom. The Labute approximate surface area is 141 Å². The molecule has 2 N–H and O–H groups in total. The highest BCUT2D eigenvalue weighted by molar-refractivity contribution is 6.01. The molecule has 0 aliphatic carbocycles. The first-order valence-corrected chi connectivity index (χ1v) is 7.17. The summed E-state index contributed by atoms with van der Waals surface area (Å²) in [6.45, 7) is 2.45. The van der Waals surface area contributed by atoms with Gasteiger partial charge in [0.2, 0.25) is 0 Å². The molecule has 120 valence electrons. The molecule has 0 saturated carbocycles. The number of halogens is 1. The second kappa shape index (κ2) is 7.20. The zero-order chi connectivity index (χ0) is 15.5. The van der Waals surface area contributed by atoms with Crippen LogP contribution in [0.5, 0.6) is 5.75 Å². The molecule has 3 rings (SSSR count). The number of ether oxygens (including phenoxy) is 1. The third-order valence-corrected chi connectivity index (χ3v) is 3.79. The van der Waals surface area contributed by atoms with Gasteiger partial charge in [0, 0.05) is 17.4 Å². The number of rotatable bonds is 4. The lowest BCUT2D eigenvalue weighted by atomic mass is 10.1. The van der Waals surface area contributed by atoms with Gasteiger partial charge in [0.05, 0.1) is 7.11 Å². The summed E-state index contributed by atoms with van der Waals surface area (Å²) in [7, 11) is 1.64. The number of H-pyrrole nitrogens is 1. The van der Waals surface area contributed by atoms with Crippen LogP contribution in [0.25, 0.3) is 10.9 Å². The average molecular weight is 330 g/mol. The van der Waals surface area contributed by atoms with Gasteiger partial charge in [-0.15, -0.1) is 0 Å². The summed E-state index contributed by atoms with van der Waals surface area (Å²) in [5.41, 5.74) is 3.54. The summed E-state index contributed by atoms with van der Waals surface area (Å²) in [4.78, 5) is 15.6. The number of hydrogen-bond donors (Lipinski definition) is 2. The monoisotopic (exact) mass is 329 g/mol. The SMILES string of the molecule is COc1ccc2[nH]c(C(=O)NCc3ccccc3)c(C)c2c1.[Cl-]. The highest BCUT2D eigenvalue weighted by Crippen LogP contribution is 2.25. The van der Waals surface area contributed by atoms with Gasteiger partial charge in [-0.3, -0.25) is 4.79 Å². The van der Waals surface area contributed by atoms with Gasteiger partial charge in [-0.1, -0.05) is 30.3 Å². The molecule has 1 heterocycles. The molecular formula is C18H18ClN2O2-. The largest absolute Gasteiger partial charge is 1.00 e. The summed E-state index contributed by atoms with van der Waals surface area (Å²) in [6.07, 6.45) is 0. The van der Waals surface area contributed by atoms with Gasteiger partial charge in [0.1, 0.15) is 11.4 Å². The van der Waals surface area contributed by atoms with Crippen LogP contribution in [0.15, 0.2) is 48.5 Å². The third-order valence-electron chi connectivity index (χ3n) is 3.79. The number of aromatic amines is 1. The molecule has 1 aromatic heterocycles. The Morgan fingerprint density at radius 1 is 1.17 bits per heavy atom. The predicted octanol–water partition coefficient (Wildman–Crippen LogP) is 0.419. The van der Waals surface area contributed by atoms with Crippen LogP contribution in [0.1, 0.15) is 21.6 Å². The Morgan fingerprint density at radius 3 is 2.61 bits per heavy atom. The van der Waals surface area contributed by atoms with Crippen LogP contribution in [0.3, 0.4) is 0 Å². The maximum absolute atomic E-state index is 12.4. The van der Waals surface area contributed by atoms with Gasteiger partial charge in [-0.05, 0) is 36.2 Å². The topological polar surface area (TPSA) is 54.1 Å². The van der Waals surface area contributed by atoms with Crippen LogP contribution >= 0.6 is 0 Å². The molecule has 0 fully saturated rings. The minimum Gasteiger partial charge on any atom is -1.00 e. The number of aromatic nitrogens is 1. The Hall–Kier alpha value is -2.46. The van der Waals surface area contributed by atoms with Crippen molar-refractivity contribution in [3.63, 3.8) is 0 Å². The van der Waals surface area contributed by atoms with E-state index in [1.165, 1.54) is 0 Å². The van der Waals surface area contributed by atoms with Crippen molar-refractivity contribution in [3.8, 4) is 5.75 Å². The van der Waals surface area contributed by atoms with Gasteiger partial charge in [-0.2, -0.15) is 0 Å². The van der Waals surface area contributed by atoms with Gasteiger partial charge < -0.3 is 27.4 Å². The first kappa shape index (κ1) is 16.9. The number of carbonyl (C=O) groups excluding carboxylic acids is 1. The molecule has 0 aliphatic rings. The zero-order valence-electron chi connectivity index (χ0n) is 13.0. The summed E-state index contributed by atoms with van der Waals surface area (Å²) < 4.78 is 5.24. The zero-order valence-corrected chi connectivity index (χ0v) is 13.8. The number of methoxy groups -OCH3 is 1. The van der Waals surface area contributed by atoms with Gasteiger partial charge in [-0.25, -0.2) is 0 Å². The minimum absolute atomic E-state index is 0. The average Bonchev–Trinajstić information content (AvgIpc) is 2.90. The summed E-state index contributed by atoms with van der Waals surface area (Å²) in [6, 6.07) is 15.6. The number of aryl methyl sites for hydroxylation is 1. The van der Waals surface area contributed by atoms with Crippen LogP contribution < -0.4 is 22.5 Å². The number of fused-ring (bicyclic) bond motifs is 1. The molecule has 2 aromatic carbocycles. The van der Waals surface area contributed by atoms with E-state index < -0.39 is 0 Å². The van der Waals surface area contributed by atoms with Crippen LogP contribution in [0, 0.1) is 6.92 Å². The molecule has 0 bridgehead atoms. The summed E-state index contributed by atoms with van der Waals surface area (Å²) >= 11 is 0. The summed E-state index contributed by atoms with van der Waals surface area (Å²) in [5.74, 6) is 0.683.